The molecule has 2 heterocycles. The van der Waals surface area contributed by atoms with Crippen LogP contribution < -0.4 is 5.32 Å². The van der Waals surface area contributed by atoms with Crippen LogP contribution in [0.25, 0.3) is 0 Å². The third-order valence-corrected chi connectivity index (χ3v) is 7.71. The zero-order valence-electron chi connectivity index (χ0n) is 16.4. The lowest BCUT2D eigenvalue weighted by Crippen LogP contribution is -2.51. The molecule has 2 aliphatic rings. The minimum atomic E-state index is -3.65. The van der Waals surface area contributed by atoms with E-state index in [0.29, 0.717) is 38.5 Å². The molecular formula is C22H27N3O3S. The molecule has 2 fully saturated rings. The summed E-state index contributed by atoms with van der Waals surface area (Å²) >= 11 is 0. The number of likely N-dealkylation sites (tertiary alicyclic amines) is 1. The highest BCUT2D eigenvalue weighted by Gasteiger charge is 2.41. The number of nitrogens with one attached hydrogen (secondary N) is 1. The number of benzene rings is 2. The van der Waals surface area contributed by atoms with Crippen molar-refractivity contribution in [3.05, 3.63) is 60.7 Å². The fourth-order valence-electron chi connectivity index (χ4n) is 4.23. The Morgan fingerprint density at radius 2 is 1.48 bits per heavy atom. The van der Waals surface area contributed by atoms with E-state index in [0.717, 1.165) is 18.5 Å². The summed E-state index contributed by atoms with van der Waals surface area (Å²) in [7, 11) is -3.65. The van der Waals surface area contributed by atoms with Gasteiger partial charge >= 0.3 is 0 Å². The number of nitrogens with zero attached hydrogens (tertiary/aromatic N) is 2. The van der Waals surface area contributed by atoms with E-state index in [1.807, 2.05) is 35.2 Å². The molecule has 2 saturated heterocycles. The van der Waals surface area contributed by atoms with Gasteiger partial charge < -0.3 is 10.2 Å². The molecule has 1 amide bonds. The largest absolute Gasteiger partial charge is 0.382 e. The summed E-state index contributed by atoms with van der Waals surface area (Å²) in [5, 5.41) is 3.52. The molecule has 0 saturated carbocycles. The van der Waals surface area contributed by atoms with E-state index in [-0.39, 0.29) is 10.8 Å². The maximum Gasteiger partial charge on any atom is 0.243 e. The molecule has 0 radical (unpaired) electrons. The second-order valence-electron chi connectivity index (χ2n) is 7.70. The smallest absolute Gasteiger partial charge is 0.243 e. The average Bonchev–Trinajstić information content (AvgIpc) is 3.26. The van der Waals surface area contributed by atoms with Crippen molar-refractivity contribution in [1.82, 2.24) is 9.21 Å². The molecule has 154 valence electrons. The molecule has 2 aliphatic heterocycles. The second kappa shape index (κ2) is 8.55. The Kier molecular flexibility index (Phi) is 5.87. The molecule has 29 heavy (non-hydrogen) atoms. The van der Waals surface area contributed by atoms with Crippen molar-refractivity contribution < 1.29 is 13.2 Å². The van der Waals surface area contributed by atoms with E-state index >= 15 is 0 Å². The van der Waals surface area contributed by atoms with Crippen LogP contribution in [0.3, 0.4) is 0 Å². The zero-order valence-corrected chi connectivity index (χ0v) is 17.2. The van der Waals surface area contributed by atoms with Crippen LogP contribution in [0.15, 0.2) is 65.6 Å². The van der Waals surface area contributed by atoms with Gasteiger partial charge in [-0.3, -0.25) is 4.79 Å². The van der Waals surface area contributed by atoms with Gasteiger partial charge in [0.15, 0.2) is 0 Å². The fourth-order valence-corrected chi connectivity index (χ4v) is 5.90. The number of rotatable bonds is 5. The summed E-state index contributed by atoms with van der Waals surface area (Å²) in [6, 6.07) is 18.2. The van der Waals surface area contributed by atoms with Crippen LogP contribution in [-0.4, -0.2) is 55.2 Å². The van der Waals surface area contributed by atoms with Gasteiger partial charge in [0, 0.05) is 31.4 Å². The zero-order chi connectivity index (χ0) is 20.3. The number of piperidine rings is 1. The molecule has 0 aromatic heterocycles. The van der Waals surface area contributed by atoms with Gasteiger partial charge in [0.1, 0.15) is 6.04 Å². The Hall–Kier alpha value is -2.38. The first-order chi connectivity index (χ1) is 14.1. The van der Waals surface area contributed by atoms with Crippen LogP contribution in [0.1, 0.15) is 25.7 Å². The lowest BCUT2D eigenvalue weighted by molar-refractivity contribution is -0.135. The SMILES string of the molecule is O=C(C1CCCN1S(=O)(=O)c1ccccc1)N1CCC(Nc2ccccc2)CC1. The van der Waals surface area contributed by atoms with E-state index in [9.17, 15) is 13.2 Å². The highest BCUT2D eigenvalue weighted by Crippen LogP contribution is 2.28. The summed E-state index contributed by atoms with van der Waals surface area (Å²) in [6.45, 7) is 1.71. The van der Waals surface area contributed by atoms with Gasteiger partial charge in [0.05, 0.1) is 4.90 Å². The minimum absolute atomic E-state index is 0.0554. The third kappa shape index (κ3) is 4.31. The van der Waals surface area contributed by atoms with Crippen molar-refractivity contribution in [2.24, 2.45) is 0 Å². The topological polar surface area (TPSA) is 69.7 Å². The normalized spacial score (nSPS) is 21.2. The highest BCUT2D eigenvalue weighted by molar-refractivity contribution is 7.89. The summed E-state index contributed by atoms with van der Waals surface area (Å²) in [4.78, 5) is 15.2. The van der Waals surface area contributed by atoms with Crippen LogP contribution in [0.2, 0.25) is 0 Å². The van der Waals surface area contributed by atoms with Gasteiger partial charge in [-0.05, 0) is 49.9 Å². The number of para-hydroxylation sites is 1. The quantitative estimate of drug-likeness (QED) is 0.818. The lowest BCUT2D eigenvalue weighted by atomic mass is 10.0. The molecule has 0 spiro atoms. The number of hydrogen-bond donors (Lipinski definition) is 1. The van der Waals surface area contributed by atoms with Crippen molar-refractivity contribution in [2.75, 3.05) is 25.0 Å². The Balaban J connectivity index is 1.39. The van der Waals surface area contributed by atoms with E-state index in [1.54, 1.807) is 30.3 Å². The van der Waals surface area contributed by atoms with Crippen LogP contribution in [0.4, 0.5) is 5.69 Å². The highest BCUT2D eigenvalue weighted by atomic mass is 32.2. The molecule has 0 bridgehead atoms. The molecular weight excluding hydrogens is 386 g/mol. The lowest BCUT2D eigenvalue weighted by Gasteiger charge is -2.35. The van der Waals surface area contributed by atoms with Crippen molar-refractivity contribution in [3.8, 4) is 0 Å². The Labute approximate surface area is 172 Å². The second-order valence-corrected chi connectivity index (χ2v) is 9.59. The summed E-state index contributed by atoms with van der Waals surface area (Å²) < 4.78 is 27.5. The molecule has 7 heteroatoms. The van der Waals surface area contributed by atoms with Crippen molar-refractivity contribution in [1.29, 1.82) is 0 Å². The first kappa shape index (κ1) is 19.9. The van der Waals surface area contributed by atoms with Gasteiger partial charge in [-0.1, -0.05) is 36.4 Å². The Morgan fingerprint density at radius 1 is 0.862 bits per heavy atom. The monoisotopic (exact) mass is 413 g/mol. The molecule has 6 nitrogen and oxygen atoms in total. The number of carbonyl (C=O) groups is 1. The molecule has 0 aliphatic carbocycles. The van der Waals surface area contributed by atoms with Gasteiger partial charge in [0.2, 0.25) is 15.9 Å². The molecule has 1 unspecified atom stereocenters. The minimum Gasteiger partial charge on any atom is -0.382 e. The van der Waals surface area contributed by atoms with Crippen LogP contribution >= 0.6 is 0 Å². The maximum absolute atomic E-state index is 13.2. The first-order valence-electron chi connectivity index (χ1n) is 10.2. The number of anilines is 1. The van der Waals surface area contributed by atoms with Gasteiger partial charge in [0.25, 0.3) is 0 Å². The molecule has 1 N–H and O–H groups in total. The molecule has 2 aromatic rings. The molecule has 4 rings (SSSR count). The van der Waals surface area contributed by atoms with E-state index in [1.165, 1.54) is 4.31 Å². The van der Waals surface area contributed by atoms with Crippen molar-refractivity contribution in [3.63, 3.8) is 0 Å². The van der Waals surface area contributed by atoms with E-state index < -0.39 is 16.1 Å². The molecule has 2 aromatic carbocycles. The van der Waals surface area contributed by atoms with Crippen molar-refractivity contribution >= 4 is 21.6 Å². The maximum atomic E-state index is 13.2. The predicted molar refractivity (Wildman–Crippen MR) is 113 cm³/mol. The number of amides is 1. The van der Waals surface area contributed by atoms with Crippen LogP contribution in [0, 0.1) is 0 Å². The number of carbonyl (C=O) groups excluding carboxylic acids is 1. The summed E-state index contributed by atoms with van der Waals surface area (Å²) in [5.74, 6) is -0.0554. The summed E-state index contributed by atoms with van der Waals surface area (Å²) in [5.41, 5.74) is 1.09. The molecule has 1 atom stereocenters. The van der Waals surface area contributed by atoms with Gasteiger partial charge in [-0.2, -0.15) is 4.31 Å². The standard InChI is InChI=1S/C22H27N3O3S/c26-22(24-16-13-19(14-17-24)23-18-8-3-1-4-9-18)21-12-7-15-25(21)29(27,28)20-10-5-2-6-11-20/h1-6,8-11,19,21,23H,7,12-17H2. The van der Waals surface area contributed by atoms with Crippen molar-refractivity contribution in [2.45, 2.75) is 42.7 Å². The average molecular weight is 414 g/mol. The van der Waals surface area contributed by atoms with E-state index in [2.05, 4.69) is 5.32 Å². The summed E-state index contributed by atoms with van der Waals surface area (Å²) in [6.07, 6.45) is 3.03. The number of sulfonamides is 1. The van der Waals surface area contributed by atoms with E-state index in [4.69, 9.17) is 0 Å². The van der Waals surface area contributed by atoms with Gasteiger partial charge in [-0.15, -0.1) is 0 Å². The Bertz CT molecular complexity index is 926. The fraction of sp³-hybridized carbons (Fsp3) is 0.409. The number of hydrogen-bond acceptors (Lipinski definition) is 4. The van der Waals surface area contributed by atoms with Gasteiger partial charge in [-0.25, -0.2) is 8.42 Å². The predicted octanol–water partition coefficient (Wildman–Crippen LogP) is 2.94. The van der Waals surface area contributed by atoms with Crippen LogP contribution in [-0.2, 0) is 14.8 Å². The Morgan fingerprint density at radius 3 is 2.14 bits per heavy atom. The first-order valence-corrected chi connectivity index (χ1v) is 11.7. The third-order valence-electron chi connectivity index (χ3n) is 5.79. The van der Waals surface area contributed by atoms with Crippen LogP contribution in [0.5, 0.6) is 0 Å².